The maximum atomic E-state index is 9.95. The van der Waals surface area contributed by atoms with Gasteiger partial charge in [-0.1, -0.05) is 0 Å². The molecule has 0 spiro atoms. The summed E-state index contributed by atoms with van der Waals surface area (Å²) in [6, 6.07) is 8.84. The van der Waals surface area contributed by atoms with Gasteiger partial charge in [-0.15, -0.1) is 11.3 Å². The summed E-state index contributed by atoms with van der Waals surface area (Å²) >= 11 is 1.41. The fourth-order valence-electron chi connectivity index (χ4n) is 1.88. The Morgan fingerprint density at radius 3 is 3.09 bits per heavy atom. The van der Waals surface area contributed by atoms with Gasteiger partial charge in [0.1, 0.15) is 11.5 Å². The van der Waals surface area contributed by atoms with Crippen LogP contribution in [0.4, 0.5) is 5.13 Å². The predicted octanol–water partition coefficient (Wildman–Crippen LogP) is 3.30. The molecule has 1 aromatic carbocycles. The topological polar surface area (TPSA) is 82.5 Å². The highest BCUT2D eigenvalue weighted by molar-refractivity contribution is 7.14. The van der Waals surface area contributed by atoms with Gasteiger partial charge in [0, 0.05) is 17.1 Å². The zero-order valence-electron chi connectivity index (χ0n) is 11.8. The third kappa shape index (κ3) is 3.09. The van der Waals surface area contributed by atoms with E-state index in [1.807, 2.05) is 23.7 Å². The second kappa shape index (κ2) is 6.31. The fourth-order valence-corrected chi connectivity index (χ4v) is 2.54. The number of ether oxygens (including phenoxy) is 1. The van der Waals surface area contributed by atoms with Crippen LogP contribution in [0, 0.1) is 0 Å². The van der Waals surface area contributed by atoms with Crippen molar-refractivity contribution < 1.29 is 9.84 Å². The van der Waals surface area contributed by atoms with Crippen LogP contribution in [-0.4, -0.2) is 28.4 Å². The van der Waals surface area contributed by atoms with Gasteiger partial charge in [-0.3, -0.25) is 5.43 Å². The molecule has 2 aromatic heterocycles. The first-order valence-corrected chi connectivity index (χ1v) is 7.39. The van der Waals surface area contributed by atoms with Gasteiger partial charge in [0.25, 0.3) is 0 Å². The number of hydrogen-bond donors (Lipinski definition) is 3. The summed E-state index contributed by atoms with van der Waals surface area (Å²) in [7, 11) is 1.58. The molecule has 0 aliphatic rings. The van der Waals surface area contributed by atoms with Crippen LogP contribution in [0.15, 0.2) is 47.0 Å². The van der Waals surface area contributed by atoms with Crippen molar-refractivity contribution in [2.45, 2.75) is 0 Å². The predicted molar refractivity (Wildman–Crippen MR) is 87.8 cm³/mol. The number of nitrogens with zero attached hydrogens (tertiary/aromatic N) is 2. The lowest BCUT2D eigenvalue weighted by molar-refractivity contribution is 0.412. The van der Waals surface area contributed by atoms with Gasteiger partial charge < -0.3 is 14.8 Å². The largest absolute Gasteiger partial charge is 0.507 e. The Bertz CT molecular complexity index is 781. The highest BCUT2D eigenvalue weighted by atomic mass is 32.1. The number of anilines is 1. The summed E-state index contributed by atoms with van der Waals surface area (Å²) in [5.74, 6) is 0.826. The van der Waals surface area contributed by atoms with Crippen LogP contribution in [0.3, 0.4) is 0 Å². The van der Waals surface area contributed by atoms with Crippen molar-refractivity contribution in [3.8, 4) is 22.8 Å². The molecule has 2 heterocycles. The summed E-state index contributed by atoms with van der Waals surface area (Å²) in [5, 5.41) is 16.5. The quantitative estimate of drug-likeness (QED) is 0.498. The van der Waals surface area contributed by atoms with Crippen LogP contribution in [0.25, 0.3) is 11.3 Å². The van der Waals surface area contributed by atoms with Gasteiger partial charge in [-0.2, -0.15) is 5.10 Å². The summed E-state index contributed by atoms with van der Waals surface area (Å²) in [6.07, 6.45) is 3.50. The van der Waals surface area contributed by atoms with Crippen molar-refractivity contribution in [1.29, 1.82) is 0 Å². The highest BCUT2D eigenvalue weighted by Crippen LogP contribution is 2.34. The van der Waals surface area contributed by atoms with Crippen LogP contribution in [-0.2, 0) is 0 Å². The lowest BCUT2D eigenvalue weighted by atomic mass is 10.1. The number of aromatic nitrogens is 2. The number of H-pyrrole nitrogens is 1. The monoisotopic (exact) mass is 314 g/mol. The number of phenolic OH excluding ortho intramolecular Hbond substituents is 1. The van der Waals surface area contributed by atoms with E-state index in [-0.39, 0.29) is 5.75 Å². The maximum Gasteiger partial charge on any atom is 0.203 e. The molecule has 3 aromatic rings. The van der Waals surface area contributed by atoms with Crippen molar-refractivity contribution in [1.82, 2.24) is 9.97 Å². The molecule has 0 fully saturated rings. The molecule has 3 N–H and O–H groups in total. The second-order valence-corrected chi connectivity index (χ2v) is 5.27. The second-order valence-electron chi connectivity index (χ2n) is 4.42. The van der Waals surface area contributed by atoms with Gasteiger partial charge in [-0.25, -0.2) is 4.98 Å². The number of rotatable bonds is 5. The molecular formula is C15H14N4O2S. The van der Waals surface area contributed by atoms with Crippen molar-refractivity contribution in [3.63, 3.8) is 0 Å². The van der Waals surface area contributed by atoms with E-state index in [0.717, 1.165) is 5.69 Å². The van der Waals surface area contributed by atoms with E-state index in [2.05, 4.69) is 20.5 Å². The Kier molecular flexibility index (Phi) is 4.06. The van der Waals surface area contributed by atoms with Crippen molar-refractivity contribution in [3.05, 3.63) is 47.6 Å². The summed E-state index contributed by atoms with van der Waals surface area (Å²) in [5.41, 5.74) is 5.05. The molecule has 0 amide bonds. The molecule has 7 heteroatoms. The minimum atomic E-state index is 0.160. The van der Waals surface area contributed by atoms with Gasteiger partial charge in [0.2, 0.25) is 5.13 Å². The highest BCUT2D eigenvalue weighted by Gasteiger charge is 2.10. The number of phenols is 1. The summed E-state index contributed by atoms with van der Waals surface area (Å²) in [6.45, 7) is 0. The Balaban J connectivity index is 1.76. The van der Waals surface area contributed by atoms with Gasteiger partial charge in [0.15, 0.2) is 0 Å². The lowest BCUT2D eigenvalue weighted by Crippen LogP contribution is -1.90. The Hall–Kier alpha value is -2.80. The molecular weight excluding hydrogens is 300 g/mol. The lowest BCUT2D eigenvalue weighted by Gasteiger charge is -2.04. The van der Waals surface area contributed by atoms with E-state index in [4.69, 9.17) is 4.74 Å². The number of hydrazone groups is 1. The number of hydrogen-bond acceptors (Lipinski definition) is 6. The average Bonchev–Trinajstić information content (AvgIpc) is 3.20. The van der Waals surface area contributed by atoms with Crippen LogP contribution in [0.2, 0.25) is 0 Å². The van der Waals surface area contributed by atoms with Crippen molar-refractivity contribution in [2.75, 3.05) is 12.5 Å². The molecule has 3 rings (SSSR count). The number of thiazole rings is 1. The van der Waals surface area contributed by atoms with Crippen LogP contribution >= 0.6 is 11.3 Å². The van der Waals surface area contributed by atoms with E-state index < -0.39 is 0 Å². The van der Waals surface area contributed by atoms with Crippen LogP contribution < -0.4 is 10.2 Å². The first kappa shape index (κ1) is 14.2. The first-order chi connectivity index (χ1) is 10.8. The number of benzene rings is 1. The standard InChI is InChI=1S/C15H14N4O2S/c1-21-11-4-5-14(20)12(7-11)13-9-22-15(18-13)19-17-8-10-3-2-6-16-10/h2-9,16,20H,1H3,(H,18,19). The Morgan fingerprint density at radius 1 is 1.41 bits per heavy atom. The smallest absolute Gasteiger partial charge is 0.203 e. The minimum Gasteiger partial charge on any atom is -0.507 e. The zero-order valence-corrected chi connectivity index (χ0v) is 12.6. The third-order valence-electron chi connectivity index (χ3n) is 2.97. The van der Waals surface area contributed by atoms with E-state index >= 15 is 0 Å². The number of nitrogens with one attached hydrogen (secondary N) is 2. The number of aromatic amines is 1. The molecule has 0 bridgehead atoms. The fraction of sp³-hybridized carbons (Fsp3) is 0.0667. The Labute approximate surface area is 131 Å². The SMILES string of the molecule is COc1ccc(O)c(-c2csc(NN=Cc3ccc[nH]3)n2)c1. The van der Waals surface area contributed by atoms with Gasteiger partial charge >= 0.3 is 0 Å². The molecule has 0 radical (unpaired) electrons. The molecule has 6 nitrogen and oxygen atoms in total. The zero-order chi connectivity index (χ0) is 15.4. The molecule has 112 valence electrons. The maximum absolute atomic E-state index is 9.95. The summed E-state index contributed by atoms with van der Waals surface area (Å²) < 4.78 is 5.17. The van der Waals surface area contributed by atoms with Gasteiger partial charge in [0.05, 0.1) is 24.7 Å². The van der Waals surface area contributed by atoms with E-state index in [9.17, 15) is 5.11 Å². The van der Waals surface area contributed by atoms with Crippen LogP contribution in [0.5, 0.6) is 11.5 Å². The van der Waals surface area contributed by atoms with Crippen molar-refractivity contribution in [2.24, 2.45) is 5.10 Å². The van der Waals surface area contributed by atoms with E-state index in [1.54, 1.807) is 31.5 Å². The van der Waals surface area contributed by atoms with E-state index in [1.165, 1.54) is 11.3 Å². The normalized spacial score (nSPS) is 11.0. The summed E-state index contributed by atoms with van der Waals surface area (Å²) in [4.78, 5) is 7.42. The van der Waals surface area contributed by atoms with Crippen molar-refractivity contribution >= 4 is 22.7 Å². The molecule has 0 aliphatic heterocycles. The van der Waals surface area contributed by atoms with E-state index in [0.29, 0.717) is 22.1 Å². The number of methoxy groups -OCH3 is 1. The minimum absolute atomic E-state index is 0.160. The van der Waals surface area contributed by atoms with Crippen LogP contribution in [0.1, 0.15) is 5.69 Å². The molecule has 0 saturated heterocycles. The third-order valence-corrected chi connectivity index (χ3v) is 3.72. The molecule has 0 atom stereocenters. The van der Waals surface area contributed by atoms with Gasteiger partial charge in [-0.05, 0) is 30.3 Å². The molecule has 0 unspecified atom stereocenters. The Morgan fingerprint density at radius 2 is 2.32 bits per heavy atom. The molecule has 0 saturated carbocycles. The molecule has 22 heavy (non-hydrogen) atoms. The first-order valence-electron chi connectivity index (χ1n) is 6.51. The average molecular weight is 314 g/mol. The number of aromatic hydroxyl groups is 1. The molecule has 0 aliphatic carbocycles.